The van der Waals surface area contributed by atoms with Crippen LogP contribution in [-0.4, -0.2) is 11.1 Å². The van der Waals surface area contributed by atoms with E-state index in [9.17, 15) is 9.18 Å². The number of benzene rings is 3. The smallest absolute Gasteiger partial charge is 0.268 e. The Kier molecular flexibility index (Phi) is 6.33. The van der Waals surface area contributed by atoms with E-state index in [0.29, 0.717) is 15.6 Å². The molecule has 1 saturated heterocycles. The lowest BCUT2D eigenvalue weighted by atomic mass is 10.1. The molecule has 3 aromatic carbocycles. The van der Waals surface area contributed by atoms with E-state index in [0.717, 1.165) is 35.3 Å². The van der Waals surface area contributed by atoms with Gasteiger partial charge >= 0.3 is 0 Å². The number of para-hydroxylation sites is 2. The Morgan fingerprint density at radius 3 is 2.29 bits per heavy atom. The van der Waals surface area contributed by atoms with Gasteiger partial charge in [0.2, 0.25) is 0 Å². The second kappa shape index (κ2) is 9.31. The molecule has 3 aromatic rings. The highest BCUT2D eigenvalue weighted by atomic mass is 32.2. The van der Waals surface area contributed by atoms with Crippen molar-refractivity contribution >= 4 is 40.3 Å². The van der Waals surface area contributed by atoms with Crippen LogP contribution in [0.3, 0.4) is 0 Å². The first-order valence-corrected chi connectivity index (χ1v) is 11.2. The molecule has 0 saturated carbocycles. The second-order valence-corrected chi connectivity index (χ2v) is 8.14. The van der Waals surface area contributed by atoms with Crippen LogP contribution < -0.4 is 4.90 Å². The summed E-state index contributed by atoms with van der Waals surface area (Å²) >= 11 is 1.28. The molecule has 1 amide bonds. The third-order valence-corrected chi connectivity index (χ3v) is 6.17. The Labute approximate surface area is 186 Å². The van der Waals surface area contributed by atoms with Gasteiger partial charge in [0.05, 0.1) is 16.3 Å². The van der Waals surface area contributed by atoms with Crippen LogP contribution in [0.2, 0.25) is 0 Å². The zero-order valence-corrected chi connectivity index (χ0v) is 18.3. The van der Waals surface area contributed by atoms with Gasteiger partial charge in [0.25, 0.3) is 5.91 Å². The fraction of sp³-hybridized carbons (Fsp3) is 0.154. The van der Waals surface area contributed by atoms with Crippen LogP contribution in [0, 0.1) is 5.82 Å². The summed E-state index contributed by atoms with van der Waals surface area (Å²) in [6.45, 7) is 4.14. The van der Waals surface area contributed by atoms with Crippen LogP contribution in [-0.2, 0) is 17.6 Å². The Bertz CT molecular complexity index is 1190. The van der Waals surface area contributed by atoms with Gasteiger partial charge < -0.3 is 0 Å². The van der Waals surface area contributed by atoms with E-state index in [-0.39, 0.29) is 11.7 Å². The maximum atomic E-state index is 14.2. The molecule has 0 atom stereocenters. The minimum atomic E-state index is -0.356. The molecule has 3 nitrogen and oxygen atoms in total. The standard InChI is InChI=1S/C26H23FN2OS/c1-3-18-11-6-9-15-22(18)28-26-29(23-16-10-7-12-19(23)4-2)25(30)24(31-26)17-20-13-5-8-14-21(20)27/h5-17H,3-4H2,1-2H3/b24-17+,28-26?. The molecule has 0 spiro atoms. The summed E-state index contributed by atoms with van der Waals surface area (Å²) in [5.74, 6) is -0.549. The molecule has 1 heterocycles. The number of amides is 1. The molecule has 0 aromatic heterocycles. The molecule has 1 aliphatic rings. The number of rotatable bonds is 5. The van der Waals surface area contributed by atoms with E-state index < -0.39 is 0 Å². The van der Waals surface area contributed by atoms with Crippen molar-refractivity contribution in [3.8, 4) is 0 Å². The second-order valence-electron chi connectivity index (χ2n) is 7.13. The van der Waals surface area contributed by atoms with E-state index in [1.54, 1.807) is 29.2 Å². The van der Waals surface area contributed by atoms with E-state index in [1.165, 1.54) is 17.8 Å². The van der Waals surface area contributed by atoms with Crippen molar-refractivity contribution in [1.82, 2.24) is 0 Å². The number of aryl methyl sites for hydroxylation is 2. The highest BCUT2D eigenvalue weighted by Crippen LogP contribution is 2.39. The summed E-state index contributed by atoms with van der Waals surface area (Å²) in [5.41, 5.74) is 4.20. The molecule has 0 bridgehead atoms. The van der Waals surface area contributed by atoms with Crippen LogP contribution in [0.5, 0.6) is 0 Å². The van der Waals surface area contributed by atoms with Gasteiger partial charge in [-0.05, 0) is 60.0 Å². The van der Waals surface area contributed by atoms with Gasteiger partial charge in [-0.25, -0.2) is 9.38 Å². The van der Waals surface area contributed by atoms with Crippen LogP contribution in [0.15, 0.2) is 82.7 Å². The lowest BCUT2D eigenvalue weighted by Gasteiger charge is -2.19. The van der Waals surface area contributed by atoms with Gasteiger partial charge in [-0.1, -0.05) is 68.4 Å². The molecule has 31 heavy (non-hydrogen) atoms. The highest BCUT2D eigenvalue weighted by molar-refractivity contribution is 8.19. The first-order valence-electron chi connectivity index (χ1n) is 10.4. The van der Waals surface area contributed by atoms with E-state index >= 15 is 0 Å². The van der Waals surface area contributed by atoms with E-state index in [1.807, 2.05) is 48.5 Å². The third-order valence-electron chi connectivity index (χ3n) is 5.20. The number of aliphatic imine (C=N–C) groups is 1. The maximum Gasteiger partial charge on any atom is 0.271 e. The quantitative estimate of drug-likeness (QED) is 0.419. The van der Waals surface area contributed by atoms with Gasteiger partial charge in [0.1, 0.15) is 5.82 Å². The fourth-order valence-electron chi connectivity index (χ4n) is 3.54. The van der Waals surface area contributed by atoms with Gasteiger partial charge in [-0.15, -0.1) is 0 Å². The number of nitrogens with zero attached hydrogens (tertiary/aromatic N) is 2. The van der Waals surface area contributed by atoms with E-state index in [4.69, 9.17) is 4.99 Å². The molecule has 1 fully saturated rings. The monoisotopic (exact) mass is 430 g/mol. The molecule has 0 aliphatic carbocycles. The number of hydrogen-bond donors (Lipinski definition) is 0. The molecule has 156 valence electrons. The SMILES string of the molecule is CCc1ccccc1N=C1S/C(=C/c2ccccc2F)C(=O)N1c1ccccc1CC. The Morgan fingerprint density at radius 1 is 0.903 bits per heavy atom. The van der Waals surface area contributed by atoms with Crippen LogP contribution in [0.25, 0.3) is 6.08 Å². The fourth-order valence-corrected chi connectivity index (χ4v) is 4.52. The van der Waals surface area contributed by atoms with Gasteiger partial charge in [-0.3, -0.25) is 9.69 Å². The average molecular weight is 431 g/mol. The lowest BCUT2D eigenvalue weighted by molar-refractivity contribution is -0.113. The average Bonchev–Trinajstić information content (AvgIpc) is 3.10. The summed E-state index contributed by atoms with van der Waals surface area (Å²) in [7, 11) is 0. The van der Waals surface area contributed by atoms with Gasteiger partial charge in [0, 0.05) is 5.56 Å². The van der Waals surface area contributed by atoms with E-state index in [2.05, 4.69) is 13.8 Å². The van der Waals surface area contributed by atoms with Crippen molar-refractivity contribution in [1.29, 1.82) is 0 Å². The Balaban J connectivity index is 1.85. The van der Waals surface area contributed by atoms with Crippen LogP contribution in [0.4, 0.5) is 15.8 Å². The molecular formula is C26H23FN2OS. The Hall–Kier alpha value is -3.18. The summed E-state index contributed by atoms with van der Waals surface area (Å²) in [5, 5.41) is 0.578. The van der Waals surface area contributed by atoms with Crippen LogP contribution in [0.1, 0.15) is 30.5 Å². The predicted molar refractivity (Wildman–Crippen MR) is 128 cm³/mol. The summed E-state index contributed by atoms with van der Waals surface area (Å²) < 4.78 is 14.2. The Morgan fingerprint density at radius 2 is 1.55 bits per heavy atom. The summed E-state index contributed by atoms with van der Waals surface area (Å²) in [4.78, 5) is 20.5. The molecule has 0 unspecified atom stereocenters. The molecule has 0 N–H and O–H groups in total. The zero-order chi connectivity index (χ0) is 21.8. The molecule has 4 rings (SSSR count). The molecule has 0 radical (unpaired) electrons. The van der Waals surface area contributed by atoms with Crippen molar-refractivity contribution in [2.75, 3.05) is 4.90 Å². The minimum Gasteiger partial charge on any atom is -0.268 e. The summed E-state index contributed by atoms with van der Waals surface area (Å²) in [6, 6.07) is 22.2. The normalized spacial score (nSPS) is 16.5. The predicted octanol–water partition coefficient (Wildman–Crippen LogP) is 6.76. The number of carbonyl (C=O) groups excluding carboxylic acids is 1. The maximum absolute atomic E-state index is 14.2. The number of carbonyl (C=O) groups is 1. The number of amidine groups is 1. The number of thioether (sulfide) groups is 1. The minimum absolute atomic E-state index is 0.193. The zero-order valence-electron chi connectivity index (χ0n) is 17.5. The number of anilines is 1. The van der Waals surface area contributed by atoms with Crippen molar-refractivity contribution in [2.24, 2.45) is 4.99 Å². The largest absolute Gasteiger partial charge is 0.271 e. The highest BCUT2D eigenvalue weighted by Gasteiger charge is 2.36. The first kappa shape index (κ1) is 21.1. The van der Waals surface area contributed by atoms with Crippen molar-refractivity contribution < 1.29 is 9.18 Å². The molecular weight excluding hydrogens is 407 g/mol. The third kappa shape index (κ3) is 4.32. The number of halogens is 1. The summed E-state index contributed by atoms with van der Waals surface area (Å²) in [6.07, 6.45) is 3.24. The van der Waals surface area contributed by atoms with Gasteiger partial charge in [0.15, 0.2) is 5.17 Å². The van der Waals surface area contributed by atoms with Crippen molar-refractivity contribution in [3.05, 3.63) is 100 Å². The van der Waals surface area contributed by atoms with Crippen molar-refractivity contribution in [3.63, 3.8) is 0 Å². The van der Waals surface area contributed by atoms with Gasteiger partial charge in [-0.2, -0.15) is 0 Å². The topological polar surface area (TPSA) is 32.7 Å². The van der Waals surface area contributed by atoms with Crippen molar-refractivity contribution in [2.45, 2.75) is 26.7 Å². The lowest BCUT2D eigenvalue weighted by Crippen LogP contribution is -2.29. The molecule has 5 heteroatoms. The van der Waals surface area contributed by atoms with Crippen LogP contribution >= 0.6 is 11.8 Å². The first-order chi connectivity index (χ1) is 15.1. The number of hydrogen-bond acceptors (Lipinski definition) is 3. The molecule has 1 aliphatic heterocycles.